The first kappa shape index (κ1) is 40.1. The van der Waals surface area contributed by atoms with E-state index in [0.29, 0.717) is 50.3 Å². The number of hydrogen-bond acceptors (Lipinski definition) is 8. The molecule has 50 heavy (non-hydrogen) atoms. The highest BCUT2D eigenvalue weighted by Crippen LogP contribution is 2.28. The Labute approximate surface area is 300 Å². The number of hydrogen-bond donors (Lipinski definition) is 6. The first-order valence-electron chi connectivity index (χ1n) is 17.2. The molecular formula is C36H51ClN6O7. The maximum Gasteiger partial charge on any atom is 0.257 e. The number of amides is 5. The number of nitrogens with one attached hydrogen (secondary N) is 6. The van der Waals surface area contributed by atoms with Crippen LogP contribution in [0.4, 0.5) is 0 Å². The highest BCUT2D eigenvalue weighted by atomic mass is 35.5. The van der Waals surface area contributed by atoms with E-state index < -0.39 is 36.0 Å². The highest BCUT2D eigenvalue weighted by Gasteiger charge is 2.32. The molecule has 2 bridgehead atoms. The van der Waals surface area contributed by atoms with Gasteiger partial charge in [0.05, 0.1) is 13.2 Å². The maximum absolute atomic E-state index is 13.8. The first-order chi connectivity index (χ1) is 23.6. The fourth-order valence-corrected chi connectivity index (χ4v) is 5.90. The molecule has 2 aliphatic heterocycles. The Kier molecular flexibility index (Phi) is 16.3. The number of fused-ring (bicyclic) bond motifs is 2. The predicted molar refractivity (Wildman–Crippen MR) is 191 cm³/mol. The van der Waals surface area contributed by atoms with Gasteiger partial charge in [-0.25, -0.2) is 0 Å². The lowest BCUT2D eigenvalue weighted by molar-refractivity contribution is -0.134. The van der Waals surface area contributed by atoms with Crippen LogP contribution in [0.5, 0.6) is 11.5 Å². The Morgan fingerprint density at radius 1 is 0.900 bits per heavy atom. The fraction of sp³-hybridized carbons (Fsp3) is 0.528. The number of carbonyl (C=O) groups is 5. The van der Waals surface area contributed by atoms with Crippen LogP contribution in [0, 0.1) is 5.92 Å². The van der Waals surface area contributed by atoms with E-state index in [1.165, 1.54) is 7.11 Å². The molecule has 2 heterocycles. The van der Waals surface area contributed by atoms with Crippen LogP contribution in [0.25, 0.3) is 0 Å². The van der Waals surface area contributed by atoms with Gasteiger partial charge < -0.3 is 41.4 Å². The van der Waals surface area contributed by atoms with E-state index in [2.05, 4.69) is 31.9 Å². The van der Waals surface area contributed by atoms with E-state index in [1.807, 2.05) is 56.3 Å². The van der Waals surface area contributed by atoms with Crippen molar-refractivity contribution in [1.29, 1.82) is 0 Å². The molecular weight excluding hydrogens is 664 g/mol. The molecule has 4 atom stereocenters. The van der Waals surface area contributed by atoms with E-state index >= 15 is 0 Å². The lowest BCUT2D eigenvalue weighted by Gasteiger charge is -2.27. The van der Waals surface area contributed by atoms with Crippen LogP contribution >= 0.6 is 12.4 Å². The van der Waals surface area contributed by atoms with Crippen molar-refractivity contribution < 1.29 is 33.4 Å². The van der Waals surface area contributed by atoms with Gasteiger partial charge in [-0.1, -0.05) is 50.2 Å². The minimum atomic E-state index is -1.02. The summed E-state index contributed by atoms with van der Waals surface area (Å²) >= 11 is 0. The Morgan fingerprint density at radius 2 is 1.64 bits per heavy atom. The summed E-state index contributed by atoms with van der Waals surface area (Å²) in [5.74, 6) is -1.33. The molecule has 13 nitrogen and oxygen atoms in total. The molecule has 4 rings (SSSR count). The zero-order valence-electron chi connectivity index (χ0n) is 29.0. The lowest BCUT2D eigenvalue weighted by atomic mass is 10.00. The molecule has 1 fully saturated rings. The molecule has 0 spiro atoms. The molecule has 0 aromatic heterocycles. The van der Waals surface area contributed by atoms with E-state index in [0.717, 1.165) is 17.5 Å². The molecule has 2 aliphatic rings. The summed E-state index contributed by atoms with van der Waals surface area (Å²) in [4.78, 5) is 66.7. The second-order valence-electron chi connectivity index (χ2n) is 12.9. The molecule has 6 N–H and O–H groups in total. The van der Waals surface area contributed by atoms with Crippen molar-refractivity contribution in [3.8, 4) is 11.5 Å². The van der Waals surface area contributed by atoms with Crippen LogP contribution in [0.2, 0.25) is 0 Å². The maximum atomic E-state index is 13.8. The number of rotatable bonds is 6. The van der Waals surface area contributed by atoms with Crippen molar-refractivity contribution in [2.75, 3.05) is 33.4 Å². The third-order valence-electron chi connectivity index (χ3n) is 8.69. The summed E-state index contributed by atoms with van der Waals surface area (Å²) in [5.41, 5.74) is 1.76. The van der Waals surface area contributed by atoms with E-state index in [9.17, 15) is 24.0 Å². The third-order valence-corrected chi connectivity index (χ3v) is 8.69. The normalized spacial score (nSPS) is 23.0. The molecule has 0 saturated carbocycles. The van der Waals surface area contributed by atoms with Gasteiger partial charge in [0, 0.05) is 19.5 Å². The van der Waals surface area contributed by atoms with Gasteiger partial charge in [0.1, 0.15) is 18.1 Å². The number of benzene rings is 2. The standard InChI is InChI=1S/C36H50N6O7.ClH/c1-23(2)32-36(47)39-19-7-12-25-15-16-29(48-3)30(21-25)49-22-31(43)38-18-9-14-27(40-33(44)26-13-8-17-37-26)34(45)41-28(35(46)42-32)20-24-10-5-4-6-11-24;/h4-6,10-11,15-16,21,23,26-28,32,37H,7-9,12-14,17-20,22H2,1-3H3,(H,38,43)(H,39,47)(H,40,44)(H,41,45)(H,42,46);1H/t26-,27-,28-,32+;/m0./s1. The van der Waals surface area contributed by atoms with Gasteiger partial charge in [-0.05, 0) is 74.2 Å². The average molecular weight is 715 g/mol. The van der Waals surface area contributed by atoms with Crippen molar-refractivity contribution >= 4 is 41.9 Å². The fourth-order valence-electron chi connectivity index (χ4n) is 5.90. The van der Waals surface area contributed by atoms with E-state index in [-0.39, 0.29) is 62.0 Å². The van der Waals surface area contributed by atoms with Gasteiger partial charge >= 0.3 is 0 Å². The molecule has 0 unspecified atom stereocenters. The zero-order valence-corrected chi connectivity index (χ0v) is 29.9. The Balaban J connectivity index is 0.00000676. The summed E-state index contributed by atoms with van der Waals surface area (Å²) in [6.45, 7) is 4.77. The van der Waals surface area contributed by atoms with Crippen molar-refractivity contribution in [2.24, 2.45) is 5.92 Å². The van der Waals surface area contributed by atoms with Gasteiger partial charge in [-0.2, -0.15) is 0 Å². The van der Waals surface area contributed by atoms with Crippen LogP contribution < -0.4 is 41.4 Å². The molecule has 274 valence electrons. The van der Waals surface area contributed by atoms with Gasteiger partial charge in [-0.15, -0.1) is 12.4 Å². The second kappa shape index (κ2) is 20.3. The van der Waals surface area contributed by atoms with Gasteiger partial charge in [0.15, 0.2) is 18.1 Å². The van der Waals surface area contributed by atoms with Gasteiger partial charge in [-0.3, -0.25) is 24.0 Å². The average Bonchev–Trinajstić information content (AvgIpc) is 3.64. The summed E-state index contributed by atoms with van der Waals surface area (Å²) in [6.07, 6.45) is 3.50. The van der Waals surface area contributed by atoms with Crippen molar-refractivity contribution in [2.45, 2.75) is 83.0 Å². The summed E-state index contributed by atoms with van der Waals surface area (Å²) in [5, 5.41) is 17.5. The Bertz CT molecular complexity index is 1440. The monoisotopic (exact) mass is 714 g/mol. The number of methoxy groups -OCH3 is 1. The van der Waals surface area contributed by atoms with Crippen LogP contribution in [0.15, 0.2) is 48.5 Å². The Hall–Kier alpha value is -4.36. The van der Waals surface area contributed by atoms with Crippen LogP contribution in [0.3, 0.4) is 0 Å². The van der Waals surface area contributed by atoms with Crippen LogP contribution in [-0.2, 0) is 36.8 Å². The summed E-state index contributed by atoms with van der Waals surface area (Å²) < 4.78 is 11.2. The molecule has 1 saturated heterocycles. The molecule has 0 radical (unpaired) electrons. The number of ether oxygens (including phenoxy) is 2. The lowest BCUT2D eigenvalue weighted by Crippen LogP contribution is -2.59. The minimum Gasteiger partial charge on any atom is -0.493 e. The van der Waals surface area contributed by atoms with Crippen LogP contribution in [-0.4, -0.2) is 87.1 Å². The third kappa shape index (κ3) is 12.2. The molecule has 5 amide bonds. The molecule has 0 aliphatic carbocycles. The number of carbonyl (C=O) groups excluding carboxylic acids is 5. The van der Waals surface area contributed by atoms with E-state index in [1.54, 1.807) is 6.07 Å². The summed E-state index contributed by atoms with van der Waals surface area (Å²) in [6, 6.07) is 11.5. The zero-order chi connectivity index (χ0) is 35.2. The van der Waals surface area contributed by atoms with Crippen molar-refractivity contribution in [1.82, 2.24) is 31.9 Å². The summed E-state index contributed by atoms with van der Waals surface area (Å²) in [7, 11) is 1.52. The molecule has 2 aromatic carbocycles. The molecule has 2 aromatic rings. The number of aryl methyl sites for hydroxylation is 1. The van der Waals surface area contributed by atoms with Crippen molar-refractivity contribution in [3.05, 3.63) is 59.7 Å². The van der Waals surface area contributed by atoms with Gasteiger partial charge in [0.2, 0.25) is 23.6 Å². The Morgan fingerprint density at radius 3 is 2.34 bits per heavy atom. The smallest absolute Gasteiger partial charge is 0.257 e. The van der Waals surface area contributed by atoms with Crippen molar-refractivity contribution in [3.63, 3.8) is 0 Å². The minimum absolute atomic E-state index is 0. The largest absolute Gasteiger partial charge is 0.493 e. The SMILES string of the molecule is COc1ccc2cc1OCC(=O)NCCC[C@H](NC(=O)[C@@H]1CCCN1)C(=O)N[C@@H](Cc1ccccc1)C(=O)N[C@H](C(C)C)C(=O)NCCC2.Cl. The van der Waals surface area contributed by atoms with E-state index in [4.69, 9.17) is 9.47 Å². The number of halogens is 1. The quantitative estimate of drug-likeness (QED) is 0.261. The van der Waals surface area contributed by atoms with Gasteiger partial charge in [0.25, 0.3) is 5.91 Å². The topological polar surface area (TPSA) is 176 Å². The van der Waals surface area contributed by atoms with Crippen LogP contribution in [0.1, 0.15) is 57.1 Å². The predicted octanol–water partition coefficient (Wildman–Crippen LogP) is 1.56. The molecule has 14 heteroatoms. The first-order valence-corrected chi connectivity index (χ1v) is 17.2. The second-order valence-corrected chi connectivity index (χ2v) is 12.9. The highest BCUT2D eigenvalue weighted by molar-refractivity contribution is 5.95.